The quantitative estimate of drug-likeness (QED) is 0.714. The lowest BCUT2D eigenvalue weighted by atomic mass is 10.1. The summed E-state index contributed by atoms with van der Waals surface area (Å²) in [5.74, 6) is 0.131. The molecule has 0 bridgehead atoms. The number of hydrogen-bond acceptors (Lipinski definition) is 3. The van der Waals surface area contributed by atoms with Crippen LogP contribution in [0.3, 0.4) is 0 Å². The molecule has 2 aromatic carbocycles. The minimum atomic E-state index is -0.672. The predicted octanol–water partition coefficient (Wildman–Crippen LogP) is 3.61. The summed E-state index contributed by atoms with van der Waals surface area (Å²) in [7, 11) is 0. The van der Waals surface area contributed by atoms with E-state index in [1.165, 1.54) is 22.7 Å². The monoisotopic (exact) mass is 388 g/mol. The Labute approximate surface area is 164 Å². The molecule has 0 heterocycles. The summed E-state index contributed by atoms with van der Waals surface area (Å²) in [4.78, 5) is 26.5. The number of benzene rings is 2. The molecule has 2 aromatic rings. The zero-order chi connectivity index (χ0) is 19.6. The molecule has 0 saturated carbocycles. The van der Waals surface area contributed by atoms with Gasteiger partial charge in [-0.3, -0.25) is 9.59 Å². The van der Waals surface area contributed by atoms with Crippen molar-refractivity contribution in [2.75, 3.05) is 12.3 Å². The molecule has 0 spiro atoms. The second kappa shape index (κ2) is 10.7. The number of hydrogen-bond donors (Lipinski definition) is 1. The number of rotatable bonds is 9. The number of thioether (sulfide) groups is 1. The van der Waals surface area contributed by atoms with E-state index >= 15 is 0 Å². The first-order valence-electron chi connectivity index (χ1n) is 8.95. The van der Waals surface area contributed by atoms with Gasteiger partial charge in [-0.15, -0.1) is 11.8 Å². The number of amides is 2. The van der Waals surface area contributed by atoms with Crippen molar-refractivity contribution in [1.29, 1.82) is 0 Å². The fourth-order valence-corrected chi connectivity index (χ4v) is 3.50. The van der Waals surface area contributed by atoms with Crippen LogP contribution >= 0.6 is 11.8 Å². The maximum absolute atomic E-state index is 14.1. The first-order valence-corrected chi connectivity index (χ1v) is 10.1. The molecule has 144 valence electrons. The zero-order valence-electron chi connectivity index (χ0n) is 15.7. The molecule has 1 atom stereocenters. The Morgan fingerprint density at radius 3 is 2.44 bits per heavy atom. The van der Waals surface area contributed by atoms with Gasteiger partial charge in [0.05, 0.1) is 5.75 Å². The Bertz CT molecular complexity index is 755. The maximum Gasteiger partial charge on any atom is 0.242 e. The highest BCUT2D eigenvalue weighted by Crippen LogP contribution is 2.17. The van der Waals surface area contributed by atoms with Gasteiger partial charge in [-0.1, -0.05) is 48.5 Å². The van der Waals surface area contributed by atoms with Crippen LogP contribution in [0.1, 0.15) is 25.0 Å². The van der Waals surface area contributed by atoms with Crippen LogP contribution in [-0.4, -0.2) is 35.1 Å². The van der Waals surface area contributed by atoms with Crippen LogP contribution in [0.15, 0.2) is 54.6 Å². The van der Waals surface area contributed by atoms with E-state index in [0.29, 0.717) is 17.9 Å². The van der Waals surface area contributed by atoms with Gasteiger partial charge in [-0.25, -0.2) is 4.39 Å². The summed E-state index contributed by atoms with van der Waals surface area (Å²) in [5, 5.41) is 2.73. The summed E-state index contributed by atoms with van der Waals surface area (Å²) >= 11 is 1.48. The van der Waals surface area contributed by atoms with Crippen molar-refractivity contribution >= 4 is 23.6 Å². The van der Waals surface area contributed by atoms with E-state index in [4.69, 9.17) is 0 Å². The Morgan fingerprint density at radius 1 is 1.11 bits per heavy atom. The van der Waals surface area contributed by atoms with Crippen molar-refractivity contribution in [2.45, 2.75) is 32.2 Å². The number of carbonyl (C=O) groups excluding carboxylic acids is 2. The highest BCUT2D eigenvalue weighted by Gasteiger charge is 2.26. The van der Waals surface area contributed by atoms with Crippen LogP contribution in [0.25, 0.3) is 0 Å². The van der Waals surface area contributed by atoms with E-state index in [-0.39, 0.29) is 29.9 Å². The van der Waals surface area contributed by atoms with Gasteiger partial charge in [0.15, 0.2) is 0 Å². The van der Waals surface area contributed by atoms with Crippen molar-refractivity contribution in [3.63, 3.8) is 0 Å². The van der Waals surface area contributed by atoms with Crippen LogP contribution in [0.5, 0.6) is 0 Å². The SMILES string of the molecule is CCNC(=O)[C@H](C)N(Cc1ccccc1F)C(=O)CSCc1ccccc1. The van der Waals surface area contributed by atoms with E-state index in [1.807, 2.05) is 37.3 Å². The molecular weight excluding hydrogens is 363 g/mol. The topological polar surface area (TPSA) is 49.4 Å². The molecule has 27 heavy (non-hydrogen) atoms. The van der Waals surface area contributed by atoms with Crippen molar-refractivity contribution in [2.24, 2.45) is 0 Å². The summed E-state index contributed by atoms with van der Waals surface area (Å²) in [5.41, 5.74) is 1.53. The molecule has 0 radical (unpaired) electrons. The third-order valence-corrected chi connectivity index (χ3v) is 5.14. The largest absolute Gasteiger partial charge is 0.355 e. The van der Waals surface area contributed by atoms with Gasteiger partial charge in [-0.2, -0.15) is 0 Å². The minimum absolute atomic E-state index is 0.0652. The molecule has 0 aliphatic heterocycles. The lowest BCUT2D eigenvalue weighted by Gasteiger charge is -2.28. The molecule has 2 rings (SSSR count). The second-order valence-corrected chi connectivity index (χ2v) is 7.15. The van der Waals surface area contributed by atoms with Gasteiger partial charge in [0.1, 0.15) is 11.9 Å². The van der Waals surface area contributed by atoms with Crippen LogP contribution in [0, 0.1) is 5.82 Å². The molecule has 0 aliphatic carbocycles. The predicted molar refractivity (Wildman–Crippen MR) is 108 cm³/mol. The van der Waals surface area contributed by atoms with Crippen molar-refractivity contribution in [3.05, 3.63) is 71.5 Å². The number of likely N-dealkylation sites (N-methyl/N-ethyl adjacent to an activating group) is 1. The summed E-state index contributed by atoms with van der Waals surface area (Å²) < 4.78 is 14.1. The first-order chi connectivity index (χ1) is 13.0. The van der Waals surface area contributed by atoms with Crippen LogP contribution in [-0.2, 0) is 21.9 Å². The lowest BCUT2D eigenvalue weighted by molar-refractivity contribution is -0.138. The Morgan fingerprint density at radius 2 is 1.78 bits per heavy atom. The number of carbonyl (C=O) groups is 2. The molecular formula is C21H25FN2O2S. The van der Waals surface area contributed by atoms with Gasteiger partial charge in [0.2, 0.25) is 11.8 Å². The number of halogens is 1. The molecule has 0 aliphatic rings. The van der Waals surface area contributed by atoms with E-state index in [2.05, 4.69) is 5.32 Å². The number of nitrogens with zero attached hydrogens (tertiary/aromatic N) is 1. The highest BCUT2D eigenvalue weighted by molar-refractivity contribution is 7.99. The molecule has 2 amide bonds. The summed E-state index contributed by atoms with van der Waals surface area (Å²) in [6, 6.07) is 15.5. The Hall–Kier alpha value is -2.34. The Balaban J connectivity index is 2.06. The second-order valence-electron chi connectivity index (χ2n) is 6.16. The minimum Gasteiger partial charge on any atom is -0.355 e. The smallest absolute Gasteiger partial charge is 0.242 e. The third kappa shape index (κ3) is 6.40. The standard InChI is InChI=1S/C21H25FN2O2S/c1-3-23-21(26)16(2)24(13-18-11-7-8-12-19(18)22)20(25)15-27-14-17-9-5-4-6-10-17/h4-12,16H,3,13-15H2,1-2H3,(H,23,26)/t16-/m0/s1. The van der Waals surface area contributed by atoms with Gasteiger partial charge >= 0.3 is 0 Å². The first kappa shape index (κ1) is 21.0. The van der Waals surface area contributed by atoms with Crippen LogP contribution < -0.4 is 5.32 Å². The zero-order valence-corrected chi connectivity index (χ0v) is 16.5. The molecule has 6 heteroatoms. The summed E-state index contributed by atoms with van der Waals surface area (Å²) in [6.45, 7) is 4.04. The van der Waals surface area contributed by atoms with E-state index in [1.54, 1.807) is 25.1 Å². The van der Waals surface area contributed by atoms with E-state index in [0.717, 1.165) is 5.56 Å². The molecule has 1 N–H and O–H groups in total. The van der Waals surface area contributed by atoms with E-state index < -0.39 is 6.04 Å². The van der Waals surface area contributed by atoms with Gasteiger partial charge in [0.25, 0.3) is 0 Å². The van der Waals surface area contributed by atoms with Crippen molar-refractivity contribution < 1.29 is 14.0 Å². The maximum atomic E-state index is 14.1. The third-order valence-electron chi connectivity index (χ3n) is 4.15. The normalized spacial score (nSPS) is 11.7. The van der Waals surface area contributed by atoms with Gasteiger partial charge in [0, 0.05) is 24.4 Å². The fourth-order valence-electron chi connectivity index (χ4n) is 2.63. The molecule has 0 fully saturated rings. The van der Waals surface area contributed by atoms with Gasteiger partial charge < -0.3 is 10.2 Å². The highest BCUT2D eigenvalue weighted by atomic mass is 32.2. The van der Waals surface area contributed by atoms with Crippen LogP contribution in [0.4, 0.5) is 4.39 Å². The lowest BCUT2D eigenvalue weighted by Crippen LogP contribution is -2.48. The van der Waals surface area contributed by atoms with E-state index in [9.17, 15) is 14.0 Å². The number of nitrogens with one attached hydrogen (secondary N) is 1. The van der Waals surface area contributed by atoms with Crippen molar-refractivity contribution in [1.82, 2.24) is 10.2 Å². The average molecular weight is 389 g/mol. The molecule has 0 saturated heterocycles. The van der Waals surface area contributed by atoms with Crippen molar-refractivity contribution in [3.8, 4) is 0 Å². The fraction of sp³-hybridized carbons (Fsp3) is 0.333. The summed E-state index contributed by atoms with van der Waals surface area (Å²) in [6.07, 6.45) is 0. The Kier molecular flexibility index (Phi) is 8.33. The molecule has 0 unspecified atom stereocenters. The molecule has 0 aromatic heterocycles. The van der Waals surface area contributed by atoms with Gasteiger partial charge in [-0.05, 0) is 25.5 Å². The van der Waals surface area contributed by atoms with Crippen LogP contribution in [0.2, 0.25) is 0 Å². The molecule has 4 nitrogen and oxygen atoms in total. The average Bonchev–Trinajstić information content (AvgIpc) is 2.67.